The van der Waals surface area contributed by atoms with Crippen molar-refractivity contribution in [2.24, 2.45) is 0 Å². The van der Waals surface area contributed by atoms with Gasteiger partial charge in [-0.25, -0.2) is 14.1 Å². The fourth-order valence-electron chi connectivity index (χ4n) is 2.06. The van der Waals surface area contributed by atoms with Crippen molar-refractivity contribution >= 4 is 23.5 Å². The number of benzene rings is 1. The highest BCUT2D eigenvalue weighted by Crippen LogP contribution is 2.18. The van der Waals surface area contributed by atoms with Gasteiger partial charge in [0.15, 0.2) is 0 Å². The standard InChI is InChI=1S/C15H15FN6OS/c1-9-7-13(22(21-9)12-5-3-11(16)4-6-12)18-14(23)8-24-15-17-10(2)19-20-15/h3-7H,8H2,1-2H3,(H,18,23)(H,17,19,20). The summed E-state index contributed by atoms with van der Waals surface area (Å²) in [5.74, 6) is 0.862. The van der Waals surface area contributed by atoms with E-state index in [0.717, 1.165) is 5.69 Å². The van der Waals surface area contributed by atoms with Crippen LogP contribution in [0.15, 0.2) is 35.5 Å². The zero-order chi connectivity index (χ0) is 17.1. The Balaban J connectivity index is 1.70. The van der Waals surface area contributed by atoms with Crippen LogP contribution in [0.3, 0.4) is 0 Å². The Labute approximate surface area is 141 Å². The summed E-state index contributed by atoms with van der Waals surface area (Å²) in [6.45, 7) is 3.61. The van der Waals surface area contributed by atoms with E-state index in [9.17, 15) is 9.18 Å². The van der Waals surface area contributed by atoms with Crippen LogP contribution < -0.4 is 5.32 Å². The molecule has 0 saturated heterocycles. The average molecular weight is 346 g/mol. The van der Waals surface area contributed by atoms with Crippen LogP contribution >= 0.6 is 11.8 Å². The first-order chi connectivity index (χ1) is 11.5. The highest BCUT2D eigenvalue weighted by atomic mass is 32.2. The predicted molar refractivity (Wildman–Crippen MR) is 88.7 cm³/mol. The van der Waals surface area contributed by atoms with Gasteiger partial charge in [0.25, 0.3) is 0 Å². The van der Waals surface area contributed by atoms with E-state index in [0.29, 0.717) is 22.5 Å². The zero-order valence-corrected chi connectivity index (χ0v) is 13.9. The van der Waals surface area contributed by atoms with E-state index in [-0.39, 0.29) is 17.5 Å². The SMILES string of the molecule is Cc1cc(NC(=O)CSc2n[nH]c(C)n2)n(-c2ccc(F)cc2)n1. The second kappa shape index (κ2) is 6.83. The van der Waals surface area contributed by atoms with Gasteiger partial charge in [0.2, 0.25) is 11.1 Å². The van der Waals surface area contributed by atoms with Crippen molar-refractivity contribution in [1.29, 1.82) is 0 Å². The van der Waals surface area contributed by atoms with Crippen molar-refractivity contribution in [1.82, 2.24) is 25.0 Å². The van der Waals surface area contributed by atoms with Crippen LogP contribution in [-0.2, 0) is 4.79 Å². The summed E-state index contributed by atoms with van der Waals surface area (Å²) >= 11 is 1.23. The third-order valence-electron chi connectivity index (χ3n) is 3.08. The molecule has 2 aromatic heterocycles. The molecule has 0 atom stereocenters. The molecule has 0 aliphatic heterocycles. The summed E-state index contributed by atoms with van der Waals surface area (Å²) < 4.78 is 14.6. The Bertz CT molecular complexity index is 857. The lowest BCUT2D eigenvalue weighted by molar-refractivity contribution is -0.113. The second-order valence-corrected chi connectivity index (χ2v) is 6.04. The average Bonchev–Trinajstić information content (AvgIpc) is 3.12. The number of carbonyl (C=O) groups excluding carboxylic acids is 1. The molecule has 2 heterocycles. The molecule has 3 rings (SSSR count). The monoisotopic (exact) mass is 346 g/mol. The Hall–Kier alpha value is -2.68. The molecule has 1 amide bonds. The number of anilines is 1. The third kappa shape index (κ3) is 3.80. The number of rotatable bonds is 5. The molecule has 9 heteroatoms. The number of H-pyrrole nitrogens is 1. The highest BCUT2D eigenvalue weighted by Gasteiger charge is 2.12. The summed E-state index contributed by atoms with van der Waals surface area (Å²) in [5, 5.41) is 14.3. The number of thioether (sulfide) groups is 1. The van der Waals surface area contributed by atoms with Crippen LogP contribution in [-0.4, -0.2) is 36.6 Å². The van der Waals surface area contributed by atoms with E-state index >= 15 is 0 Å². The molecule has 0 unspecified atom stereocenters. The van der Waals surface area contributed by atoms with Gasteiger partial charge in [-0.05, 0) is 38.1 Å². The molecular weight excluding hydrogens is 331 g/mol. The van der Waals surface area contributed by atoms with E-state index < -0.39 is 0 Å². The number of nitrogens with zero attached hydrogens (tertiary/aromatic N) is 4. The molecule has 0 bridgehead atoms. The molecule has 7 nitrogen and oxygen atoms in total. The first kappa shape index (κ1) is 16.2. The fraction of sp³-hybridized carbons (Fsp3) is 0.200. The molecule has 124 valence electrons. The fourth-order valence-corrected chi connectivity index (χ4v) is 2.71. The van der Waals surface area contributed by atoms with Gasteiger partial charge in [0.05, 0.1) is 17.1 Å². The third-order valence-corrected chi connectivity index (χ3v) is 3.93. The van der Waals surface area contributed by atoms with Crippen molar-refractivity contribution < 1.29 is 9.18 Å². The largest absolute Gasteiger partial charge is 0.310 e. The molecule has 24 heavy (non-hydrogen) atoms. The van der Waals surface area contributed by atoms with Gasteiger partial charge in [-0.3, -0.25) is 9.89 Å². The molecule has 0 saturated carbocycles. The van der Waals surface area contributed by atoms with Crippen molar-refractivity contribution in [2.75, 3.05) is 11.1 Å². The van der Waals surface area contributed by atoms with Crippen LogP contribution in [0.4, 0.5) is 10.2 Å². The number of hydrogen-bond donors (Lipinski definition) is 2. The summed E-state index contributed by atoms with van der Waals surface area (Å²) in [7, 11) is 0. The van der Waals surface area contributed by atoms with E-state index in [4.69, 9.17) is 0 Å². The molecule has 0 spiro atoms. The van der Waals surface area contributed by atoms with E-state index in [1.807, 2.05) is 6.92 Å². The minimum Gasteiger partial charge on any atom is -0.310 e. The number of carbonyl (C=O) groups is 1. The number of aryl methyl sites for hydroxylation is 2. The van der Waals surface area contributed by atoms with Gasteiger partial charge < -0.3 is 5.32 Å². The lowest BCUT2D eigenvalue weighted by Crippen LogP contribution is -2.17. The van der Waals surface area contributed by atoms with Crippen LogP contribution in [0, 0.1) is 19.7 Å². The molecule has 2 N–H and O–H groups in total. The van der Waals surface area contributed by atoms with Gasteiger partial charge in [-0.15, -0.1) is 5.10 Å². The smallest absolute Gasteiger partial charge is 0.236 e. The molecule has 0 aliphatic carbocycles. The van der Waals surface area contributed by atoms with E-state index in [1.54, 1.807) is 29.8 Å². The summed E-state index contributed by atoms with van der Waals surface area (Å²) in [6.07, 6.45) is 0. The van der Waals surface area contributed by atoms with Crippen molar-refractivity contribution in [2.45, 2.75) is 19.0 Å². The van der Waals surface area contributed by atoms with Crippen LogP contribution in [0.2, 0.25) is 0 Å². The van der Waals surface area contributed by atoms with Crippen LogP contribution in [0.25, 0.3) is 5.69 Å². The maximum Gasteiger partial charge on any atom is 0.236 e. The Morgan fingerprint density at radius 3 is 2.75 bits per heavy atom. The summed E-state index contributed by atoms with van der Waals surface area (Å²) in [5.41, 5.74) is 1.41. The minimum atomic E-state index is -0.327. The molecular formula is C15H15FN6OS. The first-order valence-electron chi connectivity index (χ1n) is 7.15. The number of amides is 1. The number of aromatic nitrogens is 5. The molecule has 0 radical (unpaired) electrons. The first-order valence-corrected chi connectivity index (χ1v) is 8.14. The number of halogens is 1. The molecule has 0 fully saturated rings. The Morgan fingerprint density at radius 2 is 2.08 bits per heavy atom. The van der Waals surface area contributed by atoms with Gasteiger partial charge in [0, 0.05) is 6.07 Å². The lowest BCUT2D eigenvalue weighted by atomic mass is 10.3. The van der Waals surface area contributed by atoms with Gasteiger partial charge in [-0.2, -0.15) is 5.10 Å². The summed E-state index contributed by atoms with van der Waals surface area (Å²) in [6, 6.07) is 7.65. The van der Waals surface area contributed by atoms with Crippen molar-refractivity contribution in [3.63, 3.8) is 0 Å². The second-order valence-electron chi connectivity index (χ2n) is 5.10. The molecule has 1 aromatic carbocycles. The van der Waals surface area contributed by atoms with Crippen molar-refractivity contribution in [3.05, 3.63) is 47.7 Å². The molecule has 0 aliphatic rings. The summed E-state index contributed by atoms with van der Waals surface area (Å²) in [4.78, 5) is 16.3. The van der Waals surface area contributed by atoms with E-state index in [1.165, 1.54) is 23.9 Å². The Kier molecular flexibility index (Phi) is 4.61. The number of hydrogen-bond acceptors (Lipinski definition) is 5. The van der Waals surface area contributed by atoms with Crippen LogP contribution in [0.1, 0.15) is 11.5 Å². The quantitative estimate of drug-likeness (QED) is 0.693. The normalized spacial score (nSPS) is 10.8. The number of nitrogens with one attached hydrogen (secondary N) is 2. The maximum atomic E-state index is 13.1. The lowest BCUT2D eigenvalue weighted by Gasteiger charge is -2.08. The van der Waals surface area contributed by atoms with E-state index in [2.05, 4.69) is 25.6 Å². The predicted octanol–water partition coefficient (Wildman–Crippen LogP) is 2.48. The van der Waals surface area contributed by atoms with Crippen molar-refractivity contribution in [3.8, 4) is 5.69 Å². The topological polar surface area (TPSA) is 88.5 Å². The van der Waals surface area contributed by atoms with Gasteiger partial charge >= 0.3 is 0 Å². The Morgan fingerprint density at radius 1 is 1.33 bits per heavy atom. The minimum absolute atomic E-state index is 0.172. The zero-order valence-electron chi connectivity index (χ0n) is 13.1. The maximum absolute atomic E-state index is 13.1. The number of aromatic amines is 1. The molecule has 3 aromatic rings. The van der Waals surface area contributed by atoms with Gasteiger partial charge in [0.1, 0.15) is 17.5 Å². The highest BCUT2D eigenvalue weighted by molar-refractivity contribution is 7.99. The van der Waals surface area contributed by atoms with Gasteiger partial charge in [-0.1, -0.05) is 11.8 Å². The van der Waals surface area contributed by atoms with Crippen LogP contribution in [0.5, 0.6) is 0 Å².